The lowest BCUT2D eigenvalue weighted by molar-refractivity contribution is 0.0698. The molecule has 20 heavy (non-hydrogen) atoms. The van der Waals surface area contributed by atoms with Crippen LogP contribution >= 0.6 is 0 Å². The molecule has 0 aliphatic heterocycles. The number of anilines is 1. The van der Waals surface area contributed by atoms with Crippen LogP contribution in [0.25, 0.3) is 0 Å². The predicted molar refractivity (Wildman–Crippen MR) is 78.3 cm³/mol. The van der Waals surface area contributed by atoms with Crippen molar-refractivity contribution in [1.82, 2.24) is 0 Å². The Balaban J connectivity index is 2.40. The molecule has 2 aromatic carbocycles. The van der Waals surface area contributed by atoms with Crippen molar-refractivity contribution in [3.05, 3.63) is 54.1 Å². The highest BCUT2D eigenvalue weighted by molar-refractivity contribution is 5.94. The van der Waals surface area contributed by atoms with Gasteiger partial charge in [-0.2, -0.15) is 5.11 Å². The fourth-order valence-corrected chi connectivity index (χ4v) is 1.67. The van der Waals surface area contributed by atoms with E-state index in [0.717, 1.165) is 5.69 Å². The first-order valence-electron chi connectivity index (χ1n) is 6.09. The van der Waals surface area contributed by atoms with Crippen molar-refractivity contribution in [1.29, 1.82) is 0 Å². The number of benzene rings is 2. The molecule has 0 bridgehead atoms. The molecule has 0 fully saturated rings. The minimum atomic E-state index is -1.02. The summed E-state index contributed by atoms with van der Waals surface area (Å²) in [6.45, 7) is 0. The number of carboxylic acid groups (broad SMARTS) is 1. The molecule has 102 valence electrons. The molecule has 0 aliphatic rings. The Morgan fingerprint density at radius 3 is 2.35 bits per heavy atom. The lowest BCUT2D eigenvalue weighted by Crippen LogP contribution is -2.09. The summed E-state index contributed by atoms with van der Waals surface area (Å²) in [4.78, 5) is 13.1. The zero-order valence-electron chi connectivity index (χ0n) is 11.3. The van der Waals surface area contributed by atoms with Crippen LogP contribution < -0.4 is 4.90 Å². The monoisotopic (exact) mass is 269 g/mol. The SMILES string of the molecule is CN(C)c1ccc(C(=O)O)c(N=Nc2ccccc2)c1. The largest absolute Gasteiger partial charge is 0.478 e. The predicted octanol–water partition coefficient (Wildman–Crippen LogP) is 3.87. The van der Waals surface area contributed by atoms with Gasteiger partial charge in [0.05, 0.1) is 11.3 Å². The first kappa shape index (κ1) is 13.7. The van der Waals surface area contributed by atoms with E-state index in [-0.39, 0.29) is 5.56 Å². The number of rotatable bonds is 4. The van der Waals surface area contributed by atoms with Crippen LogP contribution in [0.3, 0.4) is 0 Å². The van der Waals surface area contributed by atoms with Gasteiger partial charge >= 0.3 is 5.97 Å². The number of carboxylic acids is 1. The Kier molecular flexibility index (Phi) is 4.10. The minimum absolute atomic E-state index is 0.135. The van der Waals surface area contributed by atoms with Crippen LogP contribution in [0.5, 0.6) is 0 Å². The summed E-state index contributed by atoms with van der Waals surface area (Å²) in [5.41, 5.74) is 2.03. The maximum absolute atomic E-state index is 11.2. The normalized spacial score (nSPS) is 10.7. The summed E-state index contributed by atoms with van der Waals surface area (Å²) in [7, 11) is 3.77. The molecule has 0 spiro atoms. The van der Waals surface area contributed by atoms with Crippen molar-refractivity contribution >= 4 is 23.0 Å². The number of hydrogen-bond acceptors (Lipinski definition) is 4. The number of carbonyl (C=O) groups is 1. The number of hydrogen-bond donors (Lipinski definition) is 1. The average molecular weight is 269 g/mol. The van der Waals surface area contributed by atoms with Crippen molar-refractivity contribution in [2.45, 2.75) is 0 Å². The molecule has 0 saturated carbocycles. The van der Waals surface area contributed by atoms with Gasteiger partial charge in [-0.05, 0) is 30.3 Å². The van der Waals surface area contributed by atoms with Gasteiger partial charge in [0.2, 0.25) is 0 Å². The lowest BCUT2D eigenvalue weighted by Gasteiger charge is -2.13. The molecule has 0 aliphatic carbocycles. The van der Waals surface area contributed by atoms with Crippen LogP contribution in [0.1, 0.15) is 10.4 Å². The van der Waals surface area contributed by atoms with E-state index in [9.17, 15) is 9.90 Å². The summed E-state index contributed by atoms with van der Waals surface area (Å²) in [6, 6.07) is 14.2. The molecule has 1 N–H and O–H groups in total. The van der Waals surface area contributed by atoms with E-state index < -0.39 is 5.97 Å². The number of azo groups is 1. The van der Waals surface area contributed by atoms with Gasteiger partial charge in [-0.15, -0.1) is 5.11 Å². The zero-order valence-corrected chi connectivity index (χ0v) is 11.3. The van der Waals surface area contributed by atoms with Crippen molar-refractivity contribution in [2.24, 2.45) is 10.2 Å². The summed E-state index contributed by atoms with van der Waals surface area (Å²) < 4.78 is 0. The van der Waals surface area contributed by atoms with Gasteiger partial charge < -0.3 is 10.0 Å². The highest BCUT2D eigenvalue weighted by Gasteiger charge is 2.11. The molecular weight excluding hydrogens is 254 g/mol. The van der Waals surface area contributed by atoms with Crippen LogP contribution in [-0.2, 0) is 0 Å². The van der Waals surface area contributed by atoms with E-state index in [2.05, 4.69) is 10.2 Å². The van der Waals surface area contributed by atoms with Gasteiger partial charge in [-0.3, -0.25) is 0 Å². The standard InChI is InChI=1S/C15H15N3O2/c1-18(2)12-8-9-13(15(19)20)14(10-12)17-16-11-6-4-3-5-7-11/h3-10H,1-2H3,(H,19,20). The summed E-state index contributed by atoms with van der Waals surface area (Å²) in [5, 5.41) is 17.3. The van der Waals surface area contributed by atoms with Gasteiger partial charge in [-0.25, -0.2) is 4.79 Å². The van der Waals surface area contributed by atoms with E-state index in [1.54, 1.807) is 24.3 Å². The van der Waals surface area contributed by atoms with Gasteiger partial charge in [0.1, 0.15) is 5.69 Å². The third-order valence-electron chi connectivity index (χ3n) is 2.76. The Labute approximate surface area is 117 Å². The first-order valence-corrected chi connectivity index (χ1v) is 6.09. The second-order valence-electron chi connectivity index (χ2n) is 4.44. The Bertz CT molecular complexity index is 637. The van der Waals surface area contributed by atoms with Gasteiger partial charge in [0.25, 0.3) is 0 Å². The zero-order chi connectivity index (χ0) is 14.5. The van der Waals surface area contributed by atoms with Crippen LogP contribution in [0.4, 0.5) is 17.1 Å². The van der Waals surface area contributed by atoms with Crippen molar-refractivity contribution in [3.63, 3.8) is 0 Å². The van der Waals surface area contributed by atoms with Gasteiger partial charge in [0.15, 0.2) is 0 Å². The molecule has 0 radical (unpaired) electrons. The Hall–Kier alpha value is -2.69. The molecule has 0 unspecified atom stereocenters. The van der Waals surface area contributed by atoms with Crippen LogP contribution in [-0.4, -0.2) is 25.2 Å². The highest BCUT2D eigenvalue weighted by Crippen LogP contribution is 2.27. The third-order valence-corrected chi connectivity index (χ3v) is 2.76. The topological polar surface area (TPSA) is 65.3 Å². The third kappa shape index (κ3) is 3.20. The lowest BCUT2D eigenvalue weighted by atomic mass is 10.1. The van der Waals surface area contributed by atoms with Crippen molar-refractivity contribution < 1.29 is 9.90 Å². The highest BCUT2D eigenvalue weighted by atomic mass is 16.4. The minimum Gasteiger partial charge on any atom is -0.478 e. The fourth-order valence-electron chi connectivity index (χ4n) is 1.67. The fraction of sp³-hybridized carbons (Fsp3) is 0.133. The molecule has 0 amide bonds. The molecule has 0 saturated heterocycles. The van der Waals surface area contributed by atoms with E-state index in [0.29, 0.717) is 11.4 Å². The Morgan fingerprint density at radius 1 is 1.05 bits per heavy atom. The van der Waals surface area contributed by atoms with Crippen LogP contribution in [0.2, 0.25) is 0 Å². The van der Waals surface area contributed by atoms with Crippen molar-refractivity contribution in [2.75, 3.05) is 19.0 Å². The second-order valence-corrected chi connectivity index (χ2v) is 4.44. The number of nitrogens with zero attached hydrogens (tertiary/aromatic N) is 3. The average Bonchev–Trinajstić information content (AvgIpc) is 2.45. The maximum atomic E-state index is 11.2. The molecule has 2 rings (SSSR count). The van der Waals surface area contributed by atoms with E-state index >= 15 is 0 Å². The molecule has 0 aromatic heterocycles. The molecule has 0 atom stereocenters. The van der Waals surface area contributed by atoms with E-state index in [1.165, 1.54) is 6.07 Å². The van der Waals surface area contributed by atoms with Gasteiger partial charge in [0, 0.05) is 19.8 Å². The number of aromatic carboxylic acids is 1. The quantitative estimate of drug-likeness (QED) is 0.857. The summed E-state index contributed by atoms with van der Waals surface area (Å²) in [5.74, 6) is -1.02. The molecular formula is C15H15N3O2. The first-order chi connectivity index (χ1) is 9.58. The molecule has 5 nitrogen and oxygen atoms in total. The van der Waals surface area contributed by atoms with E-state index in [1.807, 2.05) is 37.2 Å². The molecule has 2 aromatic rings. The second kappa shape index (κ2) is 5.97. The molecule has 0 heterocycles. The Morgan fingerprint density at radius 2 is 1.75 bits per heavy atom. The smallest absolute Gasteiger partial charge is 0.337 e. The summed E-state index contributed by atoms with van der Waals surface area (Å²) >= 11 is 0. The van der Waals surface area contributed by atoms with Gasteiger partial charge in [-0.1, -0.05) is 18.2 Å². The van der Waals surface area contributed by atoms with E-state index in [4.69, 9.17) is 0 Å². The van der Waals surface area contributed by atoms with Crippen LogP contribution in [0, 0.1) is 0 Å². The maximum Gasteiger partial charge on any atom is 0.337 e. The van der Waals surface area contributed by atoms with Crippen molar-refractivity contribution in [3.8, 4) is 0 Å². The summed E-state index contributed by atoms with van der Waals surface area (Å²) in [6.07, 6.45) is 0. The molecule has 5 heteroatoms. The van der Waals surface area contributed by atoms with Crippen LogP contribution in [0.15, 0.2) is 58.8 Å².